The number of anilines is 1. The summed E-state index contributed by atoms with van der Waals surface area (Å²) in [7, 11) is 1.99. The van der Waals surface area contributed by atoms with Gasteiger partial charge in [0, 0.05) is 40.9 Å². The molecule has 3 N–H and O–H groups in total. The highest BCUT2D eigenvalue weighted by Crippen LogP contribution is 2.29. The number of imidazole rings is 2. The number of pyridine rings is 2. The van der Waals surface area contributed by atoms with Crippen molar-refractivity contribution in [3.63, 3.8) is 0 Å². The van der Waals surface area contributed by atoms with Crippen LogP contribution < -0.4 is 15.7 Å². The van der Waals surface area contributed by atoms with Gasteiger partial charge in [-0.1, -0.05) is 23.7 Å². The molecule has 0 spiro atoms. The number of ether oxygens (including phenoxy) is 1. The Kier molecular flexibility index (Phi) is 7.97. The van der Waals surface area contributed by atoms with Crippen molar-refractivity contribution in [3.05, 3.63) is 111 Å². The highest BCUT2D eigenvalue weighted by Gasteiger charge is 2.24. The summed E-state index contributed by atoms with van der Waals surface area (Å²) in [6.45, 7) is 2.52. The summed E-state index contributed by atoms with van der Waals surface area (Å²) in [5, 5.41) is 3.14. The van der Waals surface area contributed by atoms with Crippen molar-refractivity contribution >= 4 is 45.5 Å². The highest BCUT2D eigenvalue weighted by atomic mass is 35.5. The van der Waals surface area contributed by atoms with E-state index in [1.54, 1.807) is 42.5 Å². The Labute approximate surface area is 267 Å². The Morgan fingerprint density at radius 2 is 1.89 bits per heavy atom. The molecule has 0 radical (unpaired) electrons. The van der Waals surface area contributed by atoms with Gasteiger partial charge in [0.25, 0.3) is 5.91 Å². The van der Waals surface area contributed by atoms with Crippen molar-refractivity contribution in [1.29, 1.82) is 0 Å². The molecule has 0 bridgehead atoms. The second-order valence-corrected chi connectivity index (χ2v) is 11.8. The third kappa shape index (κ3) is 6.22. The summed E-state index contributed by atoms with van der Waals surface area (Å²) in [6, 6.07) is 19.0. The molecule has 234 valence electrons. The maximum Gasteiger partial charge on any atom is 0.325 e. The number of nitrogens with zero attached hydrogens (tertiary/aromatic N) is 5. The van der Waals surface area contributed by atoms with Gasteiger partial charge in [0.15, 0.2) is 5.65 Å². The van der Waals surface area contributed by atoms with Gasteiger partial charge in [-0.05, 0) is 74.5 Å². The van der Waals surface area contributed by atoms with Gasteiger partial charge >= 0.3 is 5.69 Å². The van der Waals surface area contributed by atoms with Crippen LogP contribution in [0.25, 0.3) is 22.2 Å². The van der Waals surface area contributed by atoms with Gasteiger partial charge in [0.1, 0.15) is 24.1 Å². The molecule has 1 amide bonds. The minimum atomic E-state index is -0.401. The van der Waals surface area contributed by atoms with E-state index in [0.29, 0.717) is 51.5 Å². The maximum absolute atomic E-state index is 14.1. The van der Waals surface area contributed by atoms with Crippen LogP contribution in [0.3, 0.4) is 0 Å². The molecule has 4 aromatic heterocycles. The topological polar surface area (TPSA) is 134 Å². The van der Waals surface area contributed by atoms with Crippen LogP contribution >= 0.6 is 11.6 Å². The molecule has 0 unspecified atom stereocenters. The fourth-order valence-corrected chi connectivity index (χ4v) is 5.98. The first-order valence-corrected chi connectivity index (χ1v) is 15.3. The molecule has 46 heavy (non-hydrogen) atoms. The normalized spacial score (nSPS) is 14.2. The lowest BCUT2D eigenvalue weighted by Gasteiger charge is -2.31. The van der Waals surface area contributed by atoms with Crippen molar-refractivity contribution < 1.29 is 13.9 Å². The summed E-state index contributed by atoms with van der Waals surface area (Å²) in [5.41, 5.74) is 4.11. The van der Waals surface area contributed by atoms with Crippen LogP contribution in [0.5, 0.6) is 5.88 Å². The summed E-state index contributed by atoms with van der Waals surface area (Å²) >= 11 is 5.85. The van der Waals surface area contributed by atoms with E-state index in [1.165, 1.54) is 6.07 Å². The lowest BCUT2D eigenvalue weighted by molar-refractivity contribution is 0.102. The van der Waals surface area contributed by atoms with E-state index < -0.39 is 5.82 Å². The molecule has 11 nitrogen and oxygen atoms in total. The zero-order valence-corrected chi connectivity index (χ0v) is 25.6. The Morgan fingerprint density at radius 3 is 2.72 bits per heavy atom. The molecule has 0 aliphatic carbocycles. The van der Waals surface area contributed by atoms with Gasteiger partial charge < -0.3 is 19.6 Å². The van der Waals surface area contributed by atoms with Gasteiger partial charge in [-0.3, -0.25) is 14.7 Å². The zero-order chi connectivity index (χ0) is 31.8. The molecule has 0 saturated carbocycles. The first-order valence-electron chi connectivity index (χ1n) is 14.9. The second-order valence-electron chi connectivity index (χ2n) is 11.4. The van der Waals surface area contributed by atoms with E-state index in [9.17, 15) is 14.0 Å². The quantitative estimate of drug-likeness (QED) is 0.199. The van der Waals surface area contributed by atoms with Gasteiger partial charge in [-0.15, -0.1) is 0 Å². The van der Waals surface area contributed by atoms with E-state index in [-0.39, 0.29) is 18.2 Å². The van der Waals surface area contributed by atoms with E-state index in [2.05, 4.69) is 29.7 Å². The molecule has 6 aromatic rings. The Hall–Kier alpha value is -5.07. The molecule has 0 atom stereocenters. The smallest absolute Gasteiger partial charge is 0.325 e. The van der Waals surface area contributed by atoms with Crippen LogP contribution in [0.4, 0.5) is 10.2 Å². The van der Waals surface area contributed by atoms with Crippen LogP contribution in [-0.2, 0) is 20.2 Å². The average Bonchev–Trinajstić information content (AvgIpc) is 3.58. The zero-order valence-electron chi connectivity index (χ0n) is 24.9. The number of hydrogen-bond acceptors (Lipinski definition) is 7. The molecule has 13 heteroatoms. The number of H-pyrrole nitrogens is 2. The Balaban J connectivity index is 0.966. The number of amides is 1. The number of aromatic amines is 2. The molecule has 1 fully saturated rings. The average molecular weight is 641 g/mol. The predicted octanol–water partition coefficient (Wildman–Crippen LogP) is 5.54. The van der Waals surface area contributed by atoms with Gasteiger partial charge in [-0.25, -0.2) is 24.1 Å². The number of carbonyl (C=O) groups excluding carboxylic acids is 1. The molecule has 2 aromatic carbocycles. The van der Waals surface area contributed by atoms with Crippen molar-refractivity contribution in [1.82, 2.24) is 34.4 Å². The number of rotatable bonds is 8. The predicted molar refractivity (Wildman–Crippen MR) is 173 cm³/mol. The van der Waals surface area contributed by atoms with Crippen LogP contribution in [0.15, 0.2) is 71.5 Å². The lowest BCUT2D eigenvalue weighted by atomic mass is 9.93. The number of fused-ring (bicyclic) bond motifs is 2. The number of piperidine rings is 1. The molecule has 7 rings (SSSR count). The summed E-state index contributed by atoms with van der Waals surface area (Å²) < 4.78 is 22.0. The molecular weight excluding hydrogens is 611 g/mol. The number of aromatic nitrogens is 6. The van der Waals surface area contributed by atoms with Crippen LogP contribution in [0.1, 0.15) is 46.2 Å². The van der Waals surface area contributed by atoms with Gasteiger partial charge in [-0.2, -0.15) is 0 Å². The Morgan fingerprint density at radius 1 is 1.04 bits per heavy atom. The molecule has 1 aliphatic rings. The minimum Gasteiger partial charge on any atom is -0.473 e. The number of likely N-dealkylation sites (tertiary alicyclic amines) is 1. The molecule has 5 heterocycles. The third-order valence-corrected chi connectivity index (χ3v) is 8.59. The number of carbonyl (C=O) groups is 1. The van der Waals surface area contributed by atoms with E-state index in [4.69, 9.17) is 26.3 Å². The fraction of sp³-hybridized carbons (Fsp3) is 0.242. The van der Waals surface area contributed by atoms with Gasteiger partial charge in [0.2, 0.25) is 5.88 Å². The van der Waals surface area contributed by atoms with Crippen molar-refractivity contribution in [2.75, 3.05) is 18.4 Å². The van der Waals surface area contributed by atoms with Crippen LogP contribution in [0, 0.1) is 5.82 Å². The SMILES string of the molecule is Cn1c(CN2CCC(c3cccc(OCc4ccc(Cl)cc4F)n3)CC2)nc2cc(C(=O)Nc3ccc4[nH]c(=O)[nH]c4n3)ccc21. The van der Waals surface area contributed by atoms with E-state index in [1.807, 2.05) is 25.2 Å². The number of benzene rings is 2. The van der Waals surface area contributed by atoms with Crippen LogP contribution in [0.2, 0.25) is 5.02 Å². The fourth-order valence-electron chi connectivity index (χ4n) is 5.82. The van der Waals surface area contributed by atoms with E-state index >= 15 is 0 Å². The summed E-state index contributed by atoms with van der Waals surface area (Å²) in [5.74, 6) is 1.29. The molecular formula is C33H30ClFN8O3. The first kappa shape index (κ1) is 29.6. The lowest BCUT2D eigenvalue weighted by Crippen LogP contribution is -2.33. The van der Waals surface area contributed by atoms with Gasteiger partial charge in [0.05, 0.1) is 23.1 Å². The molecule has 1 saturated heterocycles. The van der Waals surface area contributed by atoms with Crippen molar-refractivity contribution in [3.8, 4) is 5.88 Å². The monoisotopic (exact) mass is 640 g/mol. The first-order chi connectivity index (χ1) is 22.3. The number of aryl methyl sites for hydroxylation is 1. The largest absolute Gasteiger partial charge is 0.473 e. The standard InChI is InChI=1S/C33H30ClFN8O3/c1-42-27-9-6-20(32(44)40-28-10-8-25-31(39-28)41-33(45)38-25)15-26(27)36-29(42)17-43-13-11-19(12-14-43)24-3-2-4-30(37-24)46-18-21-5-7-22(34)16-23(21)35/h2-10,15-16,19H,11-14,17-18H2,1H3,(H3,38,39,40,41,44,45). The second kappa shape index (κ2) is 12.4. The van der Waals surface area contributed by atoms with Crippen molar-refractivity contribution in [2.24, 2.45) is 7.05 Å². The summed E-state index contributed by atoms with van der Waals surface area (Å²) in [4.78, 5) is 46.0. The third-order valence-electron chi connectivity index (χ3n) is 8.36. The Bertz CT molecular complexity index is 2130. The van der Waals surface area contributed by atoms with Crippen molar-refractivity contribution in [2.45, 2.75) is 31.9 Å². The number of halogens is 2. The number of hydrogen-bond donors (Lipinski definition) is 3. The minimum absolute atomic E-state index is 0.0761. The highest BCUT2D eigenvalue weighted by molar-refractivity contribution is 6.30. The summed E-state index contributed by atoms with van der Waals surface area (Å²) in [6.07, 6.45) is 1.87. The molecule has 1 aliphatic heterocycles. The number of nitrogens with one attached hydrogen (secondary N) is 3. The van der Waals surface area contributed by atoms with Crippen LogP contribution in [-0.4, -0.2) is 53.4 Å². The van der Waals surface area contributed by atoms with E-state index in [0.717, 1.165) is 48.5 Å². The maximum atomic E-state index is 14.1.